The maximum Gasteiger partial charge on any atom is 0.190 e. The minimum absolute atomic E-state index is 0.411. The molecule has 21 heavy (non-hydrogen) atoms. The molecule has 4 heteroatoms. The molecular formula is C17H35N3O. The van der Waals surface area contributed by atoms with Crippen LogP contribution in [0, 0.1) is 10.8 Å². The van der Waals surface area contributed by atoms with E-state index in [1.165, 1.54) is 32.1 Å². The molecule has 4 nitrogen and oxygen atoms in total. The average Bonchev–Trinajstić information content (AvgIpc) is 2.38. The number of hydrogen-bond acceptors (Lipinski definition) is 2. The molecule has 124 valence electrons. The molecule has 1 aliphatic rings. The van der Waals surface area contributed by atoms with Crippen molar-refractivity contribution in [3.05, 3.63) is 0 Å². The number of ether oxygens (including phenoxy) is 1. The SMILES string of the molecule is CN=C(NCCCC(C)(C)C)NCC1(CCOC)CCC1. The summed E-state index contributed by atoms with van der Waals surface area (Å²) >= 11 is 0. The van der Waals surface area contributed by atoms with Crippen LogP contribution in [0.4, 0.5) is 0 Å². The minimum atomic E-state index is 0.411. The summed E-state index contributed by atoms with van der Waals surface area (Å²) in [6.07, 6.45) is 7.53. The van der Waals surface area contributed by atoms with Gasteiger partial charge in [-0.05, 0) is 42.9 Å². The lowest BCUT2D eigenvalue weighted by Gasteiger charge is -2.42. The Morgan fingerprint density at radius 1 is 1.24 bits per heavy atom. The minimum Gasteiger partial charge on any atom is -0.385 e. The molecule has 0 unspecified atom stereocenters. The Bertz CT molecular complexity index is 316. The number of aliphatic imine (C=N–C) groups is 1. The number of rotatable bonds is 8. The fourth-order valence-corrected chi connectivity index (χ4v) is 2.83. The molecule has 0 spiro atoms. The third-order valence-corrected chi connectivity index (χ3v) is 4.50. The van der Waals surface area contributed by atoms with Gasteiger partial charge < -0.3 is 15.4 Å². The Balaban J connectivity index is 2.24. The van der Waals surface area contributed by atoms with Crippen LogP contribution in [-0.2, 0) is 4.74 Å². The Kier molecular flexibility index (Phi) is 7.50. The van der Waals surface area contributed by atoms with Crippen LogP contribution in [0.3, 0.4) is 0 Å². The average molecular weight is 297 g/mol. The first-order valence-electron chi connectivity index (χ1n) is 8.34. The third kappa shape index (κ3) is 7.16. The van der Waals surface area contributed by atoms with Gasteiger partial charge in [0.2, 0.25) is 0 Å². The van der Waals surface area contributed by atoms with Crippen molar-refractivity contribution >= 4 is 5.96 Å². The number of nitrogens with one attached hydrogen (secondary N) is 2. The van der Waals surface area contributed by atoms with Crippen LogP contribution >= 0.6 is 0 Å². The Hall–Kier alpha value is -0.770. The molecule has 1 aliphatic carbocycles. The first kappa shape index (κ1) is 18.3. The lowest BCUT2D eigenvalue weighted by atomic mass is 9.67. The van der Waals surface area contributed by atoms with E-state index in [0.717, 1.165) is 32.1 Å². The molecule has 2 N–H and O–H groups in total. The summed E-state index contributed by atoms with van der Waals surface area (Å²) in [5, 5.41) is 6.93. The number of guanidine groups is 1. The zero-order valence-corrected chi connectivity index (χ0v) is 14.7. The van der Waals surface area contributed by atoms with Crippen molar-refractivity contribution in [1.82, 2.24) is 10.6 Å². The van der Waals surface area contributed by atoms with Crippen molar-refractivity contribution in [3.8, 4) is 0 Å². The standard InChI is InChI=1S/C17H35N3O/c1-16(2,3)8-7-12-19-15(18-4)20-14-17(9-6-10-17)11-13-21-5/h6-14H2,1-5H3,(H2,18,19,20). The fourth-order valence-electron chi connectivity index (χ4n) is 2.83. The molecule has 1 rings (SSSR count). The molecular weight excluding hydrogens is 262 g/mol. The molecule has 0 amide bonds. The molecule has 0 aromatic rings. The lowest BCUT2D eigenvalue weighted by Crippen LogP contribution is -2.47. The number of methoxy groups -OCH3 is 1. The molecule has 0 aromatic carbocycles. The lowest BCUT2D eigenvalue weighted by molar-refractivity contribution is 0.0732. The van der Waals surface area contributed by atoms with Gasteiger partial charge in [0.15, 0.2) is 5.96 Å². The van der Waals surface area contributed by atoms with E-state index in [1.54, 1.807) is 7.11 Å². The van der Waals surface area contributed by atoms with Gasteiger partial charge in [0.05, 0.1) is 0 Å². The summed E-state index contributed by atoms with van der Waals surface area (Å²) in [6, 6.07) is 0. The topological polar surface area (TPSA) is 45.7 Å². The van der Waals surface area contributed by atoms with E-state index >= 15 is 0 Å². The first-order valence-corrected chi connectivity index (χ1v) is 8.34. The monoisotopic (exact) mass is 297 g/mol. The van der Waals surface area contributed by atoms with E-state index in [0.29, 0.717) is 10.8 Å². The predicted molar refractivity (Wildman–Crippen MR) is 90.8 cm³/mol. The second kappa shape index (κ2) is 8.62. The van der Waals surface area contributed by atoms with Crippen LogP contribution in [0.15, 0.2) is 4.99 Å². The van der Waals surface area contributed by atoms with Crippen LogP contribution in [0.1, 0.15) is 59.3 Å². The molecule has 0 saturated heterocycles. The second-order valence-corrected chi connectivity index (χ2v) is 7.61. The summed E-state index contributed by atoms with van der Waals surface area (Å²) in [5.41, 5.74) is 0.841. The van der Waals surface area contributed by atoms with Crippen molar-refractivity contribution < 1.29 is 4.74 Å². The van der Waals surface area contributed by atoms with E-state index in [2.05, 4.69) is 36.4 Å². The Labute approximate surface area is 131 Å². The van der Waals surface area contributed by atoms with E-state index in [1.807, 2.05) is 7.05 Å². The van der Waals surface area contributed by atoms with E-state index in [-0.39, 0.29) is 0 Å². The van der Waals surface area contributed by atoms with Crippen LogP contribution < -0.4 is 10.6 Å². The highest BCUT2D eigenvalue weighted by Crippen LogP contribution is 2.43. The summed E-state index contributed by atoms with van der Waals surface area (Å²) < 4.78 is 5.24. The summed E-state index contributed by atoms with van der Waals surface area (Å²) in [6.45, 7) is 9.72. The third-order valence-electron chi connectivity index (χ3n) is 4.50. The van der Waals surface area contributed by atoms with Gasteiger partial charge in [-0.1, -0.05) is 27.2 Å². The highest BCUT2D eigenvalue weighted by Gasteiger charge is 2.36. The van der Waals surface area contributed by atoms with Crippen molar-refractivity contribution in [2.24, 2.45) is 15.8 Å². The molecule has 0 bridgehead atoms. The predicted octanol–water partition coefficient (Wildman–Crippen LogP) is 3.18. The number of nitrogens with zero attached hydrogens (tertiary/aromatic N) is 1. The molecule has 1 fully saturated rings. The first-order chi connectivity index (χ1) is 9.91. The second-order valence-electron chi connectivity index (χ2n) is 7.61. The number of hydrogen-bond donors (Lipinski definition) is 2. The zero-order valence-electron chi connectivity index (χ0n) is 14.7. The largest absolute Gasteiger partial charge is 0.385 e. The molecule has 0 aromatic heterocycles. The Morgan fingerprint density at radius 3 is 2.43 bits per heavy atom. The van der Waals surface area contributed by atoms with Crippen LogP contribution in [-0.4, -0.2) is 39.8 Å². The van der Waals surface area contributed by atoms with Crippen molar-refractivity contribution in [2.75, 3.05) is 33.9 Å². The van der Waals surface area contributed by atoms with Gasteiger partial charge in [-0.2, -0.15) is 0 Å². The van der Waals surface area contributed by atoms with Gasteiger partial charge >= 0.3 is 0 Å². The molecule has 0 atom stereocenters. The van der Waals surface area contributed by atoms with Crippen molar-refractivity contribution in [1.29, 1.82) is 0 Å². The smallest absolute Gasteiger partial charge is 0.190 e. The highest BCUT2D eigenvalue weighted by atomic mass is 16.5. The van der Waals surface area contributed by atoms with Gasteiger partial charge in [-0.25, -0.2) is 0 Å². The summed E-state index contributed by atoms with van der Waals surface area (Å²) in [7, 11) is 3.64. The Morgan fingerprint density at radius 2 is 1.95 bits per heavy atom. The quantitative estimate of drug-likeness (QED) is 0.411. The summed E-state index contributed by atoms with van der Waals surface area (Å²) in [5.74, 6) is 0.938. The summed E-state index contributed by atoms with van der Waals surface area (Å²) in [4.78, 5) is 4.33. The van der Waals surface area contributed by atoms with Crippen LogP contribution in [0.25, 0.3) is 0 Å². The van der Waals surface area contributed by atoms with Gasteiger partial charge in [0, 0.05) is 33.9 Å². The van der Waals surface area contributed by atoms with Gasteiger partial charge in [0.25, 0.3) is 0 Å². The van der Waals surface area contributed by atoms with Gasteiger partial charge in [-0.15, -0.1) is 0 Å². The molecule has 0 aliphatic heterocycles. The zero-order chi connectivity index (χ0) is 15.8. The molecule has 1 saturated carbocycles. The van der Waals surface area contributed by atoms with Gasteiger partial charge in [0.1, 0.15) is 0 Å². The van der Waals surface area contributed by atoms with Gasteiger partial charge in [-0.3, -0.25) is 4.99 Å². The van der Waals surface area contributed by atoms with Crippen LogP contribution in [0.5, 0.6) is 0 Å². The maximum absolute atomic E-state index is 5.24. The van der Waals surface area contributed by atoms with Crippen molar-refractivity contribution in [2.45, 2.75) is 59.3 Å². The van der Waals surface area contributed by atoms with Crippen molar-refractivity contribution in [3.63, 3.8) is 0 Å². The molecule has 0 heterocycles. The fraction of sp³-hybridized carbons (Fsp3) is 0.941. The van der Waals surface area contributed by atoms with E-state index in [9.17, 15) is 0 Å². The van der Waals surface area contributed by atoms with Crippen LogP contribution in [0.2, 0.25) is 0 Å². The van der Waals surface area contributed by atoms with E-state index < -0.39 is 0 Å². The highest BCUT2D eigenvalue weighted by molar-refractivity contribution is 5.79. The van der Waals surface area contributed by atoms with E-state index in [4.69, 9.17) is 4.74 Å². The maximum atomic E-state index is 5.24. The normalized spacial score (nSPS) is 18.2. The molecule has 0 radical (unpaired) electrons.